The average Bonchev–Trinajstić information content (AvgIpc) is 3.67. The normalized spacial score (nSPS) is 25.9. The number of hydrogen-bond acceptors (Lipinski definition) is 5. The summed E-state index contributed by atoms with van der Waals surface area (Å²) >= 11 is 1.66. The van der Waals surface area contributed by atoms with Crippen LogP contribution in [-0.4, -0.2) is 73.9 Å². The lowest BCUT2D eigenvalue weighted by atomic mass is 9.66. The second-order valence-electron chi connectivity index (χ2n) is 14.0. The Bertz CT molecular complexity index is 1710. The topological polar surface area (TPSA) is 81.2 Å². The molecule has 3 fully saturated rings. The molecule has 0 saturated carbocycles. The minimum absolute atomic E-state index is 0.0898. The molecule has 3 aromatic carbocycles. The number of likely N-dealkylation sites (tertiary alicyclic amines) is 1. The number of thioether (sulfide) groups is 1. The molecule has 2 unspecified atom stereocenters. The summed E-state index contributed by atoms with van der Waals surface area (Å²) in [5.41, 5.74) is 4.67. The molecule has 3 heterocycles. The van der Waals surface area contributed by atoms with Crippen molar-refractivity contribution in [2.24, 2.45) is 11.8 Å². The van der Waals surface area contributed by atoms with Crippen LogP contribution in [0.2, 0.25) is 0 Å². The first-order valence-electron chi connectivity index (χ1n) is 17.2. The number of amides is 3. The highest BCUT2D eigenvalue weighted by Gasteiger charge is 2.78. The Labute approximate surface area is 294 Å². The molecule has 49 heavy (non-hydrogen) atoms. The summed E-state index contributed by atoms with van der Waals surface area (Å²) in [7, 11) is 0. The summed E-state index contributed by atoms with van der Waals surface area (Å²) in [6.45, 7) is 14.7. The van der Waals surface area contributed by atoms with E-state index in [0.29, 0.717) is 32.4 Å². The summed E-state index contributed by atoms with van der Waals surface area (Å²) < 4.78 is -1.37. The molecule has 3 aliphatic rings. The summed E-state index contributed by atoms with van der Waals surface area (Å²) in [5.74, 6) is -1.85. The molecule has 0 aromatic heterocycles. The summed E-state index contributed by atoms with van der Waals surface area (Å²) in [6.07, 6.45) is 5.16. The van der Waals surface area contributed by atoms with Gasteiger partial charge >= 0.3 is 0 Å². The number of aliphatic hydroxyl groups excluding tert-OH is 1. The van der Waals surface area contributed by atoms with Gasteiger partial charge in [0.05, 0.1) is 29.2 Å². The van der Waals surface area contributed by atoms with E-state index in [4.69, 9.17) is 0 Å². The van der Waals surface area contributed by atoms with E-state index in [1.165, 1.54) is 0 Å². The molecule has 6 rings (SSSR count). The number of aliphatic hydroxyl groups is 1. The highest BCUT2D eigenvalue weighted by Crippen LogP contribution is 2.72. The maximum atomic E-state index is 15.3. The quantitative estimate of drug-likeness (QED) is 0.221. The number of hydrogen-bond donors (Lipinski definition) is 1. The van der Waals surface area contributed by atoms with Gasteiger partial charge in [-0.15, -0.1) is 24.9 Å². The third kappa shape index (κ3) is 6.03. The number of fused-ring (bicyclic) bond motifs is 1. The number of anilines is 1. The molecule has 256 valence electrons. The van der Waals surface area contributed by atoms with E-state index in [2.05, 4.69) is 20.1 Å². The van der Waals surface area contributed by atoms with Crippen LogP contribution in [0.3, 0.4) is 0 Å². The SMILES string of the molecule is C=CCN(Cc1ccccc1)C(=O)[C@@H]1[C@H]2C(=O)N([C@@H](CO)Cc3ccccc3)C(C(=O)N(CC=C)c3c(C)cccc3C)C23CC[C@@]1(C)S3. The Hall–Kier alpha value is -4.14. The van der Waals surface area contributed by atoms with E-state index < -0.39 is 33.4 Å². The highest BCUT2D eigenvalue weighted by molar-refractivity contribution is 8.02. The predicted molar refractivity (Wildman–Crippen MR) is 197 cm³/mol. The molecule has 3 aliphatic heterocycles. The van der Waals surface area contributed by atoms with Crippen molar-refractivity contribution >= 4 is 35.2 Å². The number of nitrogens with zero attached hydrogens (tertiary/aromatic N) is 3. The van der Waals surface area contributed by atoms with Gasteiger partial charge in [0.25, 0.3) is 5.91 Å². The largest absolute Gasteiger partial charge is 0.394 e. The number of rotatable bonds is 13. The van der Waals surface area contributed by atoms with Crippen molar-refractivity contribution in [3.63, 3.8) is 0 Å². The van der Waals surface area contributed by atoms with Crippen LogP contribution in [-0.2, 0) is 27.3 Å². The van der Waals surface area contributed by atoms with Gasteiger partial charge in [-0.1, -0.05) is 91.0 Å². The van der Waals surface area contributed by atoms with Gasteiger partial charge in [-0.25, -0.2) is 0 Å². The molecule has 3 amide bonds. The van der Waals surface area contributed by atoms with E-state index in [1.807, 2.05) is 92.7 Å². The van der Waals surface area contributed by atoms with E-state index in [1.54, 1.807) is 38.6 Å². The maximum absolute atomic E-state index is 15.3. The maximum Gasteiger partial charge on any atom is 0.251 e. The lowest BCUT2D eigenvalue weighted by molar-refractivity contribution is -0.146. The van der Waals surface area contributed by atoms with Crippen LogP contribution in [0.1, 0.15) is 42.0 Å². The van der Waals surface area contributed by atoms with Gasteiger partial charge in [-0.2, -0.15) is 0 Å². The van der Waals surface area contributed by atoms with Gasteiger partial charge in [-0.3, -0.25) is 14.4 Å². The lowest BCUT2D eigenvalue weighted by Crippen LogP contribution is -2.58. The second-order valence-corrected chi connectivity index (χ2v) is 15.9. The van der Waals surface area contributed by atoms with Crippen molar-refractivity contribution < 1.29 is 19.5 Å². The Morgan fingerprint density at radius 1 is 0.918 bits per heavy atom. The average molecular weight is 678 g/mol. The number of carbonyl (C=O) groups excluding carboxylic acids is 3. The molecule has 3 aromatic rings. The standard InChI is InChI=1S/C41H47N3O4S/c1-6-23-42(26-31-19-12-9-13-20-31)37(46)33-34-38(47)44(32(27-45)25-30-17-10-8-11-18-30)36(41(34)22-21-40(33,5)49-41)39(48)43(24-7-2)35-28(3)15-14-16-29(35)4/h6-20,32-34,36,45H,1-2,21-27H2,3-5H3/t32-,33+,34+,36?,40-,41?/m1/s1. The van der Waals surface area contributed by atoms with Crippen LogP contribution in [0.25, 0.3) is 0 Å². The molecule has 0 aliphatic carbocycles. The van der Waals surface area contributed by atoms with Crippen LogP contribution in [0.15, 0.2) is 104 Å². The Kier molecular flexibility index (Phi) is 9.92. The van der Waals surface area contributed by atoms with Crippen molar-refractivity contribution in [1.29, 1.82) is 0 Å². The molecule has 1 spiro atoms. The molecule has 6 atom stereocenters. The second kappa shape index (κ2) is 14.0. The molecule has 0 radical (unpaired) electrons. The Morgan fingerprint density at radius 3 is 2.12 bits per heavy atom. The van der Waals surface area contributed by atoms with Crippen molar-refractivity contribution in [2.75, 3.05) is 24.6 Å². The smallest absolute Gasteiger partial charge is 0.251 e. The van der Waals surface area contributed by atoms with Crippen LogP contribution in [0.5, 0.6) is 0 Å². The van der Waals surface area contributed by atoms with Gasteiger partial charge in [0.2, 0.25) is 11.8 Å². The van der Waals surface area contributed by atoms with Gasteiger partial charge in [0, 0.05) is 30.1 Å². The van der Waals surface area contributed by atoms with Crippen LogP contribution >= 0.6 is 11.8 Å². The van der Waals surface area contributed by atoms with E-state index in [9.17, 15) is 9.90 Å². The molecule has 3 saturated heterocycles. The van der Waals surface area contributed by atoms with Gasteiger partial charge in [0.1, 0.15) is 6.04 Å². The van der Waals surface area contributed by atoms with Crippen LogP contribution in [0.4, 0.5) is 5.69 Å². The first-order valence-corrected chi connectivity index (χ1v) is 18.0. The predicted octanol–water partition coefficient (Wildman–Crippen LogP) is 6.12. The fraction of sp³-hybridized carbons (Fsp3) is 0.390. The molecule has 7 nitrogen and oxygen atoms in total. The van der Waals surface area contributed by atoms with Crippen molar-refractivity contribution in [2.45, 2.75) is 68.2 Å². The minimum atomic E-state index is -0.878. The highest BCUT2D eigenvalue weighted by atomic mass is 32.2. The van der Waals surface area contributed by atoms with E-state index in [0.717, 1.165) is 27.9 Å². The van der Waals surface area contributed by atoms with Gasteiger partial charge in [0.15, 0.2) is 0 Å². The number of aryl methyl sites for hydroxylation is 2. The summed E-state index contributed by atoms with van der Waals surface area (Å²) in [5, 5.41) is 11.0. The fourth-order valence-corrected chi connectivity index (χ4v) is 11.1. The molecule has 8 heteroatoms. The number of carbonyl (C=O) groups is 3. The zero-order chi connectivity index (χ0) is 34.9. The first-order chi connectivity index (χ1) is 23.6. The van der Waals surface area contributed by atoms with Crippen molar-refractivity contribution in [3.05, 3.63) is 126 Å². The van der Waals surface area contributed by atoms with E-state index >= 15 is 9.59 Å². The fourth-order valence-electron chi connectivity index (χ4n) is 8.74. The van der Waals surface area contributed by atoms with Gasteiger partial charge in [-0.05, 0) is 62.3 Å². The van der Waals surface area contributed by atoms with Crippen LogP contribution in [0, 0.1) is 25.7 Å². The molecular weight excluding hydrogens is 631 g/mol. The first kappa shape index (κ1) is 34.7. The van der Waals surface area contributed by atoms with Crippen molar-refractivity contribution in [1.82, 2.24) is 9.80 Å². The molecule has 2 bridgehead atoms. The van der Waals surface area contributed by atoms with E-state index in [-0.39, 0.29) is 30.9 Å². The zero-order valence-corrected chi connectivity index (χ0v) is 29.6. The Balaban J connectivity index is 1.47. The monoisotopic (exact) mass is 677 g/mol. The summed E-state index contributed by atoms with van der Waals surface area (Å²) in [6, 6.07) is 24.0. The zero-order valence-electron chi connectivity index (χ0n) is 28.8. The number of para-hydroxylation sites is 1. The number of benzene rings is 3. The van der Waals surface area contributed by atoms with Crippen LogP contribution < -0.4 is 4.90 Å². The minimum Gasteiger partial charge on any atom is -0.394 e. The Morgan fingerprint density at radius 2 is 1.53 bits per heavy atom. The lowest BCUT2D eigenvalue weighted by Gasteiger charge is -2.40. The molecular formula is C41H47N3O4S. The third-order valence-corrected chi connectivity index (χ3v) is 12.8. The summed E-state index contributed by atoms with van der Waals surface area (Å²) in [4.78, 5) is 50.5. The third-order valence-electron chi connectivity index (χ3n) is 10.8. The van der Waals surface area contributed by atoms with Crippen molar-refractivity contribution in [3.8, 4) is 0 Å². The molecule has 1 N–H and O–H groups in total. The van der Waals surface area contributed by atoms with Gasteiger partial charge < -0.3 is 19.8 Å².